The van der Waals surface area contributed by atoms with Crippen LogP contribution in [0.25, 0.3) is 0 Å². The van der Waals surface area contributed by atoms with E-state index in [1.807, 2.05) is 43.0 Å². The Hall–Kier alpha value is -2.40. The Morgan fingerprint density at radius 3 is 2.61 bits per heavy atom. The van der Waals surface area contributed by atoms with Crippen LogP contribution in [0.5, 0.6) is 0 Å². The fourth-order valence-corrected chi connectivity index (χ4v) is 5.21. The first-order valence-electron chi connectivity index (χ1n) is 12.3. The van der Waals surface area contributed by atoms with E-state index in [4.69, 9.17) is 16.3 Å². The van der Waals surface area contributed by atoms with Gasteiger partial charge in [0.2, 0.25) is 5.91 Å². The second-order valence-electron chi connectivity index (χ2n) is 9.08. The molecule has 9 nitrogen and oxygen atoms in total. The molecule has 0 aliphatic carbocycles. The number of nitrogens with zero attached hydrogens (tertiary/aromatic N) is 5. The van der Waals surface area contributed by atoms with E-state index in [2.05, 4.69) is 25.1 Å². The van der Waals surface area contributed by atoms with E-state index in [1.54, 1.807) is 6.07 Å². The van der Waals surface area contributed by atoms with Crippen LogP contribution in [-0.2, 0) is 9.53 Å². The molecule has 3 heterocycles. The summed E-state index contributed by atoms with van der Waals surface area (Å²) in [7, 11) is 0. The van der Waals surface area contributed by atoms with Gasteiger partial charge in [-0.25, -0.2) is 9.97 Å². The highest BCUT2D eigenvalue weighted by Gasteiger charge is 2.29. The second kappa shape index (κ2) is 12.7. The number of thioether (sulfide) groups is 1. The van der Waals surface area contributed by atoms with E-state index >= 15 is 0 Å². The summed E-state index contributed by atoms with van der Waals surface area (Å²) in [5.74, 6) is 0.909. The van der Waals surface area contributed by atoms with Gasteiger partial charge in [-0.1, -0.05) is 41.1 Å². The molecular formula is C25H33ClN6O3S. The molecule has 1 N–H and O–H groups in total. The van der Waals surface area contributed by atoms with Gasteiger partial charge in [-0.05, 0) is 26.0 Å². The molecule has 0 saturated carbocycles. The van der Waals surface area contributed by atoms with Crippen LogP contribution in [-0.4, -0.2) is 102 Å². The quantitative estimate of drug-likeness (QED) is 0.315. The third kappa shape index (κ3) is 7.32. The zero-order valence-corrected chi connectivity index (χ0v) is 22.4. The Kier molecular flexibility index (Phi) is 9.41. The molecule has 1 unspecified atom stereocenters. The van der Waals surface area contributed by atoms with Crippen LogP contribution >= 0.6 is 23.4 Å². The van der Waals surface area contributed by atoms with E-state index < -0.39 is 0 Å². The Morgan fingerprint density at radius 2 is 1.89 bits per heavy atom. The standard InChI is InChI=1S/C25H33ClN6O3S/c1-18-3-5-20(6-4-18)24(34)32-10-9-31(16-19(32)2)22-15-21(26)28-25(29-22)36-17-23(33)27-7-8-30-11-13-35-14-12-30/h3-6,15,19H,7-14,16-17H2,1-2H3,(H,27,33). The molecule has 36 heavy (non-hydrogen) atoms. The normalized spacial score (nSPS) is 18.8. The third-order valence-corrected chi connectivity index (χ3v) is 7.40. The van der Waals surface area contributed by atoms with E-state index in [0.29, 0.717) is 47.9 Å². The van der Waals surface area contributed by atoms with Crippen molar-refractivity contribution in [2.24, 2.45) is 0 Å². The number of morpholine rings is 1. The number of hydrogen-bond donors (Lipinski definition) is 1. The van der Waals surface area contributed by atoms with Gasteiger partial charge >= 0.3 is 0 Å². The van der Waals surface area contributed by atoms with Crippen molar-refractivity contribution in [3.05, 3.63) is 46.6 Å². The van der Waals surface area contributed by atoms with Crippen LogP contribution in [0.15, 0.2) is 35.5 Å². The lowest BCUT2D eigenvalue weighted by Crippen LogP contribution is -2.54. The third-order valence-electron chi connectivity index (χ3n) is 6.36. The molecule has 4 rings (SSSR count). The fraction of sp³-hybridized carbons (Fsp3) is 0.520. The van der Waals surface area contributed by atoms with Crippen LogP contribution in [0.4, 0.5) is 5.82 Å². The second-order valence-corrected chi connectivity index (χ2v) is 10.4. The van der Waals surface area contributed by atoms with Crippen molar-refractivity contribution in [2.75, 3.05) is 69.7 Å². The van der Waals surface area contributed by atoms with E-state index in [0.717, 1.165) is 38.4 Å². The van der Waals surface area contributed by atoms with Crippen molar-refractivity contribution in [1.29, 1.82) is 0 Å². The average Bonchev–Trinajstić information content (AvgIpc) is 2.88. The summed E-state index contributed by atoms with van der Waals surface area (Å²) < 4.78 is 5.34. The summed E-state index contributed by atoms with van der Waals surface area (Å²) in [5.41, 5.74) is 1.83. The monoisotopic (exact) mass is 532 g/mol. The number of hydrogen-bond acceptors (Lipinski definition) is 8. The lowest BCUT2D eigenvalue weighted by atomic mass is 10.1. The average molecular weight is 533 g/mol. The van der Waals surface area contributed by atoms with Crippen LogP contribution in [0.2, 0.25) is 5.15 Å². The molecule has 194 valence electrons. The molecule has 1 aromatic carbocycles. The van der Waals surface area contributed by atoms with Crippen molar-refractivity contribution in [2.45, 2.75) is 25.0 Å². The summed E-state index contributed by atoms with van der Waals surface area (Å²) >= 11 is 7.56. The lowest BCUT2D eigenvalue weighted by Gasteiger charge is -2.40. The van der Waals surface area contributed by atoms with Gasteiger partial charge in [0.25, 0.3) is 5.91 Å². The van der Waals surface area contributed by atoms with Gasteiger partial charge in [-0.3, -0.25) is 14.5 Å². The lowest BCUT2D eigenvalue weighted by molar-refractivity contribution is -0.118. The van der Waals surface area contributed by atoms with E-state index in [-0.39, 0.29) is 23.6 Å². The largest absolute Gasteiger partial charge is 0.379 e. The number of nitrogens with one attached hydrogen (secondary N) is 1. The van der Waals surface area contributed by atoms with Crippen molar-refractivity contribution in [1.82, 2.24) is 25.1 Å². The van der Waals surface area contributed by atoms with Gasteiger partial charge in [0, 0.05) is 63.5 Å². The Balaban J connectivity index is 1.28. The zero-order chi connectivity index (χ0) is 25.5. The molecule has 1 atom stereocenters. The number of ether oxygens (including phenoxy) is 1. The summed E-state index contributed by atoms with van der Waals surface area (Å²) in [5, 5.41) is 3.75. The molecule has 0 radical (unpaired) electrons. The van der Waals surface area contributed by atoms with Gasteiger partial charge in [0.1, 0.15) is 11.0 Å². The maximum atomic E-state index is 13.0. The number of aromatic nitrogens is 2. The van der Waals surface area contributed by atoms with Crippen LogP contribution in [0.3, 0.4) is 0 Å². The van der Waals surface area contributed by atoms with Crippen molar-refractivity contribution in [3.63, 3.8) is 0 Å². The number of carbonyl (C=O) groups is 2. The summed E-state index contributed by atoms with van der Waals surface area (Å²) in [4.78, 5) is 40.5. The number of anilines is 1. The SMILES string of the molecule is Cc1ccc(C(=O)N2CCN(c3cc(Cl)nc(SCC(=O)NCCN4CCOCC4)n3)CC2C)cc1. The Labute approximate surface area is 221 Å². The fourth-order valence-electron chi connectivity index (χ4n) is 4.30. The number of halogens is 1. The molecule has 2 amide bonds. The molecular weight excluding hydrogens is 500 g/mol. The van der Waals surface area contributed by atoms with Gasteiger partial charge in [0.15, 0.2) is 5.16 Å². The molecule has 1 aromatic heterocycles. The van der Waals surface area contributed by atoms with Gasteiger partial charge in [0.05, 0.1) is 19.0 Å². The number of benzene rings is 1. The first-order valence-corrected chi connectivity index (χ1v) is 13.6. The minimum atomic E-state index is -0.0600. The van der Waals surface area contributed by atoms with Gasteiger partial charge in [-0.2, -0.15) is 0 Å². The highest BCUT2D eigenvalue weighted by Crippen LogP contribution is 2.24. The smallest absolute Gasteiger partial charge is 0.254 e. The first kappa shape index (κ1) is 26.7. The maximum Gasteiger partial charge on any atom is 0.254 e. The molecule has 2 fully saturated rings. The number of amides is 2. The first-order chi connectivity index (χ1) is 17.4. The molecule has 2 saturated heterocycles. The predicted molar refractivity (Wildman–Crippen MR) is 142 cm³/mol. The number of piperazine rings is 1. The molecule has 2 aliphatic heterocycles. The molecule has 11 heteroatoms. The zero-order valence-electron chi connectivity index (χ0n) is 20.8. The maximum absolute atomic E-state index is 13.0. The summed E-state index contributed by atoms with van der Waals surface area (Å²) in [6.07, 6.45) is 0. The van der Waals surface area contributed by atoms with Crippen molar-refractivity contribution in [3.8, 4) is 0 Å². The number of aryl methyl sites for hydroxylation is 1. The predicted octanol–water partition coefficient (Wildman–Crippen LogP) is 2.33. The topological polar surface area (TPSA) is 90.9 Å². The van der Waals surface area contributed by atoms with Crippen molar-refractivity contribution >= 4 is 41.0 Å². The Bertz CT molecular complexity index is 1050. The van der Waals surface area contributed by atoms with E-state index in [9.17, 15) is 9.59 Å². The minimum absolute atomic E-state index is 0.00893. The van der Waals surface area contributed by atoms with Gasteiger partial charge in [-0.15, -0.1) is 0 Å². The summed E-state index contributed by atoms with van der Waals surface area (Å²) in [6, 6.07) is 9.42. The molecule has 2 aliphatic rings. The van der Waals surface area contributed by atoms with Crippen LogP contribution in [0, 0.1) is 6.92 Å². The number of carbonyl (C=O) groups excluding carboxylic acids is 2. The number of rotatable bonds is 8. The van der Waals surface area contributed by atoms with E-state index in [1.165, 1.54) is 11.8 Å². The van der Waals surface area contributed by atoms with Crippen molar-refractivity contribution < 1.29 is 14.3 Å². The van der Waals surface area contributed by atoms with Gasteiger partial charge < -0.3 is 19.9 Å². The highest BCUT2D eigenvalue weighted by atomic mass is 35.5. The molecule has 0 spiro atoms. The molecule has 2 aromatic rings. The van der Waals surface area contributed by atoms with Crippen LogP contribution in [0.1, 0.15) is 22.8 Å². The summed E-state index contributed by atoms with van der Waals surface area (Å²) in [6.45, 7) is 10.6. The minimum Gasteiger partial charge on any atom is -0.379 e. The van der Waals surface area contributed by atoms with Crippen LogP contribution < -0.4 is 10.2 Å². The molecule has 0 bridgehead atoms. The highest BCUT2D eigenvalue weighted by molar-refractivity contribution is 7.99. The Morgan fingerprint density at radius 1 is 1.14 bits per heavy atom.